The Morgan fingerprint density at radius 3 is 1.79 bits per heavy atom. The molecule has 0 aliphatic carbocycles. The number of anilines is 5. The highest BCUT2D eigenvalue weighted by Gasteiger charge is 2.44. The standard InChI is InChI=1S/C84H54BN5/c1-4-24-53(25-5-1)58-30-10-11-33-61(58)62-34-12-13-35-63(62)66-38-22-40-68-80-73(87-82(66)68)52-79-81-84(80)89(74-43-19-15-32-60(74)55-28-8-3-9-29-55)78-51-57(88-75-44-20-16-36-64(75)65-37-17-21-45-76(65)88)47-48-70(78)85(81)71-41-23-39-67-69-50-56(46-49-77(69)90(79)83(67)71)86-72-42-18-14-31-59(72)54-26-6-2-7-27-54/h1-52,86-87H/i2D,6D,7D,14D,16D,17D,18D,20D,21D,26D,31D,36D,37D,42D,44D,45D. The molecule has 6 heteroatoms. The van der Waals surface area contributed by atoms with Crippen LogP contribution in [0.5, 0.6) is 0 Å². The number of H-pyrrole nitrogens is 1. The number of rotatable bonds is 9. The molecular formula is C84H54BN5. The number of aromatic amines is 1. The fourth-order valence-electron chi connectivity index (χ4n) is 14.5. The van der Waals surface area contributed by atoms with Gasteiger partial charge < -0.3 is 24.3 Å². The predicted molar refractivity (Wildman–Crippen MR) is 381 cm³/mol. The quantitative estimate of drug-likeness (QED) is 0.141. The van der Waals surface area contributed by atoms with Gasteiger partial charge in [-0.2, -0.15) is 0 Å². The van der Waals surface area contributed by atoms with Gasteiger partial charge in [0.2, 0.25) is 0 Å². The number of nitrogens with one attached hydrogen (secondary N) is 2. The summed E-state index contributed by atoms with van der Waals surface area (Å²) in [6, 6.07) is 65.5. The smallest absolute Gasteiger partial charge is 0.252 e. The fourth-order valence-corrected chi connectivity index (χ4v) is 14.5. The van der Waals surface area contributed by atoms with Gasteiger partial charge in [0.15, 0.2) is 0 Å². The Labute approximate surface area is 543 Å². The minimum atomic E-state index is -0.569. The monoisotopic (exact) mass is 1160 g/mol. The molecule has 0 atom stereocenters. The largest absolute Gasteiger partial charge is 0.355 e. The number of hydrogen-bond donors (Lipinski definition) is 2. The maximum atomic E-state index is 9.66. The molecular weight excluding hydrogens is 1090 g/mol. The molecule has 90 heavy (non-hydrogen) atoms. The van der Waals surface area contributed by atoms with Crippen LogP contribution in [0.1, 0.15) is 21.9 Å². The molecule has 0 amide bonds. The van der Waals surface area contributed by atoms with E-state index in [0.717, 1.165) is 122 Å². The number of fused-ring (bicyclic) bond motifs is 14. The molecule has 0 saturated heterocycles. The van der Waals surface area contributed by atoms with E-state index in [0.29, 0.717) is 17.1 Å². The van der Waals surface area contributed by atoms with Gasteiger partial charge in [0.25, 0.3) is 6.71 Å². The summed E-state index contributed by atoms with van der Waals surface area (Å²) in [6.45, 7) is -0.561. The van der Waals surface area contributed by atoms with Crippen molar-refractivity contribution in [3.05, 3.63) is 315 Å². The van der Waals surface area contributed by atoms with Crippen LogP contribution in [-0.4, -0.2) is 20.8 Å². The number of benzene rings is 14. The Balaban J connectivity index is 0.935. The van der Waals surface area contributed by atoms with E-state index in [1.54, 1.807) is 4.57 Å². The van der Waals surface area contributed by atoms with Crippen LogP contribution in [-0.2, 0) is 0 Å². The molecule has 0 bridgehead atoms. The van der Waals surface area contributed by atoms with E-state index in [2.05, 4.69) is 141 Å². The lowest BCUT2D eigenvalue weighted by Gasteiger charge is -2.41. The van der Waals surface area contributed by atoms with Crippen LogP contribution in [0.15, 0.2) is 315 Å². The van der Waals surface area contributed by atoms with E-state index in [1.807, 2.05) is 91.0 Å². The van der Waals surface area contributed by atoms with E-state index in [1.165, 1.54) is 6.07 Å². The second kappa shape index (κ2) is 19.8. The van der Waals surface area contributed by atoms with E-state index >= 15 is 0 Å². The fraction of sp³-hybridized carbons (Fsp3) is 0. The normalized spacial score (nSPS) is 14.9. The molecule has 5 heterocycles. The van der Waals surface area contributed by atoms with Gasteiger partial charge in [0.1, 0.15) is 0 Å². The maximum Gasteiger partial charge on any atom is 0.252 e. The third-order valence-electron chi connectivity index (χ3n) is 18.2. The molecule has 0 saturated carbocycles. The summed E-state index contributed by atoms with van der Waals surface area (Å²) in [6.07, 6.45) is 0. The van der Waals surface area contributed by atoms with Crippen molar-refractivity contribution in [2.45, 2.75) is 0 Å². The highest BCUT2D eigenvalue weighted by atomic mass is 15.2. The molecule has 2 aliphatic rings. The molecule has 0 spiro atoms. The number of aromatic nitrogens is 3. The van der Waals surface area contributed by atoms with Crippen molar-refractivity contribution in [2.75, 3.05) is 10.2 Å². The Bertz CT molecular complexity index is 6710. The van der Waals surface area contributed by atoms with E-state index in [4.69, 9.17) is 13.7 Å². The van der Waals surface area contributed by atoms with Crippen LogP contribution in [0.25, 0.3) is 132 Å². The summed E-state index contributed by atoms with van der Waals surface area (Å²) in [5.41, 5.74) is 17.5. The Morgan fingerprint density at radius 2 is 1.00 bits per heavy atom. The van der Waals surface area contributed by atoms with E-state index in [-0.39, 0.29) is 44.7 Å². The average Bonchev–Trinajstić information content (AvgIpc) is 1.50. The summed E-state index contributed by atoms with van der Waals surface area (Å²) < 4.78 is 149. The summed E-state index contributed by atoms with van der Waals surface area (Å²) in [5.74, 6) is 0. The van der Waals surface area contributed by atoms with Crippen LogP contribution >= 0.6 is 0 Å². The SMILES string of the molecule is [2H]c1cc(-c2c([2H])c([2H])c([2H])c([2H])c2Nc2ccc3c(c2)c2cccc4c2n3-c2cc3[nH]c5c(-c6ccccc6-c6ccccc6-c6ccccc6)cccc5c3c3c2B4c2ccc(-n4c5c([2H])c([2H])c([2H])c([2H])c5c5c([2H])c([2H])c([2H])c([2H])c54)cc2N3c2ccccc2-c2ccccc2)c([2H])c([2H])c1[2H]. The Morgan fingerprint density at radius 1 is 0.367 bits per heavy atom. The number of hydrogen-bond acceptors (Lipinski definition) is 2. The zero-order valence-corrected chi connectivity index (χ0v) is 47.7. The first-order valence-corrected chi connectivity index (χ1v) is 29.8. The highest BCUT2D eigenvalue weighted by molar-refractivity contribution is 7.00. The molecule has 2 N–H and O–H groups in total. The molecule has 14 aromatic carbocycles. The molecule has 0 fully saturated rings. The molecule has 5 nitrogen and oxygen atoms in total. The van der Waals surface area contributed by atoms with Crippen LogP contribution in [0, 0.1) is 0 Å². The van der Waals surface area contributed by atoms with Gasteiger partial charge in [-0.3, -0.25) is 0 Å². The van der Waals surface area contributed by atoms with Crippen LogP contribution in [0.4, 0.5) is 28.4 Å². The first kappa shape index (κ1) is 37.0. The third kappa shape index (κ3) is 7.46. The summed E-state index contributed by atoms with van der Waals surface area (Å²) in [7, 11) is 0. The number of para-hydroxylation sites is 6. The second-order valence-electron chi connectivity index (χ2n) is 22.8. The Hall–Kier alpha value is -11.9. The lowest BCUT2D eigenvalue weighted by Crippen LogP contribution is -2.60. The van der Waals surface area contributed by atoms with Crippen molar-refractivity contribution in [1.82, 2.24) is 14.1 Å². The van der Waals surface area contributed by atoms with Crippen molar-refractivity contribution < 1.29 is 21.9 Å². The van der Waals surface area contributed by atoms with Gasteiger partial charge in [-0.1, -0.05) is 254 Å². The van der Waals surface area contributed by atoms with Crippen LogP contribution < -0.4 is 26.6 Å². The lowest BCUT2D eigenvalue weighted by atomic mass is 9.33. The van der Waals surface area contributed by atoms with Crippen LogP contribution in [0.2, 0.25) is 0 Å². The van der Waals surface area contributed by atoms with Gasteiger partial charge in [-0.15, -0.1) is 0 Å². The van der Waals surface area contributed by atoms with Crippen molar-refractivity contribution in [3.8, 4) is 67.0 Å². The zero-order chi connectivity index (χ0) is 72.9. The van der Waals surface area contributed by atoms with Gasteiger partial charge in [-0.05, 0) is 116 Å². The van der Waals surface area contributed by atoms with Gasteiger partial charge in [0, 0.05) is 83.0 Å². The third-order valence-corrected chi connectivity index (χ3v) is 18.2. The first-order chi connectivity index (χ1) is 51.3. The molecule has 17 aromatic rings. The summed E-state index contributed by atoms with van der Waals surface area (Å²) in [4.78, 5) is 6.37. The van der Waals surface area contributed by atoms with Gasteiger partial charge in [-0.25, -0.2) is 0 Å². The number of nitrogens with zero attached hydrogens (tertiary/aromatic N) is 3. The predicted octanol–water partition coefficient (Wildman–Crippen LogP) is 20.2. The molecule has 19 rings (SSSR count). The molecule has 2 aliphatic heterocycles. The van der Waals surface area contributed by atoms with E-state index < -0.39 is 97.3 Å². The van der Waals surface area contributed by atoms with E-state index in [9.17, 15) is 8.22 Å². The first-order valence-electron chi connectivity index (χ1n) is 37.8. The average molecular weight is 1160 g/mol. The molecule has 3 aromatic heterocycles. The highest BCUT2D eigenvalue weighted by Crippen LogP contribution is 2.51. The summed E-state index contributed by atoms with van der Waals surface area (Å²) in [5, 5.41) is 6.65. The zero-order valence-electron chi connectivity index (χ0n) is 63.7. The molecule has 0 radical (unpaired) electrons. The second-order valence-corrected chi connectivity index (χ2v) is 22.8. The van der Waals surface area contributed by atoms with Crippen molar-refractivity contribution >= 4 is 117 Å². The Kier molecular flexibility index (Phi) is 8.15. The summed E-state index contributed by atoms with van der Waals surface area (Å²) >= 11 is 0. The van der Waals surface area contributed by atoms with Crippen LogP contribution in [0.3, 0.4) is 0 Å². The maximum absolute atomic E-state index is 9.66. The topological polar surface area (TPSA) is 40.9 Å². The van der Waals surface area contributed by atoms with Gasteiger partial charge in [0.05, 0.1) is 60.9 Å². The molecule has 418 valence electrons. The van der Waals surface area contributed by atoms with Crippen molar-refractivity contribution in [2.24, 2.45) is 0 Å². The van der Waals surface area contributed by atoms with Gasteiger partial charge >= 0.3 is 0 Å². The van der Waals surface area contributed by atoms with Crippen molar-refractivity contribution in [3.63, 3.8) is 0 Å². The lowest BCUT2D eigenvalue weighted by molar-refractivity contribution is 1.16. The van der Waals surface area contributed by atoms with Crippen molar-refractivity contribution in [1.29, 1.82) is 0 Å². The minimum Gasteiger partial charge on any atom is -0.355 e. The molecule has 0 unspecified atom stereocenters. The minimum absolute atomic E-state index is 0.0153.